The molecule has 0 saturated heterocycles. The van der Waals surface area contributed by atoms with Crippen LogP contribution in [0.4, 0.5) is 5.69 Å². The minimum absolute atomic E-state index is 0.230. The molecule has 0 aliphatic heterocycles. The van der Waals surface area contributed by atoms with E-state index in [0.717, 1.165) is 29.6 Å². The predicted molar refractivity (Wildman–Crippen MR) is 74.2 cm³/mol. The molecule has 0 spiro atoms. The highest BCUT2D eigenvalue weighted by atomic mass is 35.5. The van der Waals surface area contributed by atoms with Crippen LogP contribution in [0.5, 0.6) is 0 Å². The number of hydrogen-bond donors (Lipinski definition) is 1. The fourth-order valence-electron chi connectivity index (χ4n) is 1.86. The van der Waals surface area contributed by atoms with Gasteiger partial charge in [-0.15, -0.1) is 0 Å². The first-order valence-electron chi connectivity index (χ1n) is 5.71. The number of carbonyl (C=O) groups excluding carboxylic acids is 1. The summed E-state index contributed by atoms with van der Waals surface area (Å²) in [6, 6.07) is 9.61. The number of benzene rings is 1. The van der Waals surface area contributed by atoms with Crippen LogP contribution in [0.25, 0.3) is 11.1 Å². The molecule has 0 aliphatic rings. The molecule has 1 aromatic carbocycles. The van der Waals surface area contributed by atoms with Crippen molar-refractivity contribution in [1.29, 1.82) is 0 Å². The number of para-hydroxylation sites is 1. The fourth-order valence-corrected chi connectivity index (χ4v) is 2.06. The van der Waals surface area contributed by atoms with Crippen molar-refractivity contribution >= 4 is 23.6 Å². The van der Waals surface area contributed by atoms with Crippen LogP contribution in [0, 0.1) is 0 Å². The van der Waals surface area contributed by atoms with Crippen molar-refractivity contribution < 1.29 is 4.79 Å². The first-order chi connectivity index (χ1) is 8.77. The second-order valence-corrected chi connectivity index (χ2v) is 4.11. The van der Waals surface area contributed by atoms with Crippen LogP contribution in [0.2, 0.25) is 5.15 Å². The number of aldehydes is 1. The molecule has 0 amide bonds. The zero-order valence-corrected chi connectivity index (χ0v) is 10.7. The maximum Gasteiger partial charge on any atom is 0.153 e. The number of carbonyl (C=O) groups is 1. The number of halogens is 1. The van der Waals surface area contributed by atoms with E-state index in [1.54, 1.807) is 12.3 Å². The van der Waals surface area contributed by atoms with Crippen LogP contribution in [0.3, 0.4) is 0 Å². The van der Waals surface area contributed by atoms with Crippen LogP contribution in [-0.2, 0) is 0 Å². The number of hydrogen-bond acceptors (Lipinski definition) is 3. The minimum Gasteiger partial charge on any atom is -0.385 e. The van der Waals surface area contributed by atoms with Crippen molar-refractivity contribution in [3.8, 4) is 11.1 Å². The Balaban J connectivity index is 2.61. The second-order valence-electron chi connectivity index (χ2n) is 3.76. The molecule has 92 valence electrons. The first kappa shape index (κ1) is 12.6. The highest BCUT2D eigenvalue weighted by molar-refractivity contribution is 6.32. The van der Waals surface area contributed by atoms with Crippen molar-refractivity contribution in [1.82, 2.24) is 4.98 Å². The number of rotatable bonds is 4. The summed E-state index contributed by atoms with van der Waals surface area (Å²) < 4.78 is 0. The summed E-state index contributed by atoms with van der Waals surface area (Å²) in [5, 5.41) is 3.50. The zero-order valence-electron chi connectivity index (χ0n) is 9.98. The molecule has 2 rings (SSSR count). The van der Waals surface area contributed by atoms with Crippen LogP contribution in [-0.4, -0.2) is 17.8 Å². The lowest BCUT2D eigenvalue weighted by molar-refractivity contribution is 0.112. The van der Waals surface area contributed by atoms with E-state index in [0.29, 0.717) is 5.56 Å². The Morgan fingerprint density at radius 1 is 1.28 bits per heavy atom. The van der Waals surface area contributed by atoms with Gasteiger partial charge in [0.1, 0.15) is 5.15 Å². The molecule has 3 nitrogen and oxygen atoms in total. The van der Waals surface area contributed by atoms with Crippen LogP contribution >= 0.6 is 11.6 Å². The molecule has 1 aromatic heterocycles. The van der Waals surface area contributed by atoms with Gasteiger partial charge >= 0.3 is 0 Å². The molecule has 0 aliphatic carbocycles. The zero-order chi connectivity index (χ0) is 13.0. The van der Waals surface area contributed by atoms with Crippen molar-refractivity contribution in [2.24, 2.45) is 0 Å². The number of pyridine rings is 1. The van der Waals surface area contributed by atoms with Gasteiger partial charge < -0.3 is 5.32 Å². The molecule has 1 heterocycles. The molecule has 4 heteroatoms. The molecule has 1 N–H and O–H groups in total. The van der Waals surface area contributed by atoms with Gasteiger partial charge in [-0.1, -0.05) is 29.8 Å². The van der Waals surface area contributed by atoms with E-state index >= 15 is 0 Å². The second kappa shape index (κ2) is 5.65. The van der Waals surface area contributed by atoms with E-state index < -0.39 is 0 Å². The highest BCUT2D eigenvalue weighted by Gasteiger charge is 2.11. The predicted octanol–water partition coefficient (Wildman–Crippen LogP) is 3.65. The van der Waals surface area contributed by atoms with E-state index in [9.17, 15) is 4.79 Å². The highest BCUT2D eigenvalue weighted by Crippen LogP contribution is 2.31. The monoisotopic (exact) mass is 260 g/mol. The number of aromatic nitrogens is 1. The van der Waals surface area contributed by atoms with Gasteiger partial charge in [-0.2, -0.15) is 0 Å². The van der Waals surface area contributed by atoms with Gasteiger partial charge in [0, 0.05) is 24.0 Å². The fraction of sp³-hybridized carbons (Fsp3) is 0.143. The Morgan fingerprint density at radius 3 is 2.78 bits per heavy atom. The maximum absolute atomic E-state index is 11.1. The van der Waals surface area contributed by atoms with Crippen LogP contribution < -0.4 is 5.32 Å². The summed E-state index contributed by atoms with van der Waals surface area (Å²) in [4.78, 5) is 15.1. The molecule has 18 heavy (non-hydrogen) atoms. The third-order valence-corrected chi connectivity index (χ3v) is 2.95. The first-order valence-corrected chi connectivity index (χ1v) is 6.08. The lowest BCUT2D eigenvalue weighted by atomic mass is 10.0. The molecule has 0 unspecified atom stereocenters. The van der Waals surface area contributed by atoms with E-state index in [4.69, 9.17) is 11.6 Å². The average Bonchev–Trinajstić information content (AvgIpc) is 2.39. The summed E-state index contributed by atoms with van der Waals surface area (Å²) in [5.74, 6) is 0. The Labute approximate surface area is 111 Å². The number of anilines is 1. The van der Waals surface area contributed by atoms with Crippen molar-refractivity contribution in [3.05, 3.63) is 47.2 Å². The maximum atomic E-state index is 11.1. The van der Waals surface area contributed by atoms with Gasteiger partial charge in [0.25, 0.3) is 0 Å². The smallest absolute Gasteiger partial charge is 0.153 e. The quantitative estimate of drug-likeness (QED) is 0.674. The Bertz CT molecular complexity index is 569. The van der Waals surface area contributed by atoms with Crippen molar-refractivity contribution in [2.75, 3.05) is 11.9 Å². The summed E-state index contributed by atoms with van der Waals surface area (Å²) in [6.45, 7) is 2.84. The van der Waals surface area contributed by atoms with Gasteiger partial charge in [0.05, 0.1) is 5.56 Å². The van der Waals surface area contributed by atoms with E-state index in [-0.39, 0.29) is 5.15 Å². The van der Waals surface area contributed by atoms with E-state index in [1.807, 2.05) is 31.2 Å². The lowest BCUT2D eigenvalue weighted by Gasteiger charge is -2.12. The SMILES string of the molecule is CCNc1ccccc1-c1ccnc(Cl)c1C=O. The van der Waals surface area contributed by atoms with Crippen molar-refractivity contribution in [2.45, 2.75) is 6.92 Å². The van der Waals surface area contributed by atoms with Crippen molar-refractivity contribution in [3.63, 3.8) is 0 Å². The summed E-state index contributed by atoms with van der Waals surface area (Å²) in [5.41, 5.74) is 3.14. The summed E-state index contributed by atoms with van der Waals surface area (Å²) in [7, 11) is 0. The number of nitrogens with one attached hydrogen (secondary N) is 1. The normalized spacial score (nSPS) is 10.1. The Kier molecular flexibility index (Phi) is 3.95. The molecule has 0 bridgehead atoms. The van der Waals surface area contributed by atoms with Gasteiger partial charge in [-0.25, -0.2) is 4.98 Å². The van der Waals surface area contributed by atoms with Crippen LogP contribution in [0.15, 0.2) is 36.5 Å². The molecule has 0 atom stereocenters. The Hall–Kier alpha value is -1.87. The van der Waals surface area contributed by atoms with E-state index in [2.05, 4.69) is 10.3 Å². The van der Waals surface area contributed by atoms with Gasteiger partial charge in [-0.05, 0) is 24.6 Å². The van der Waals surface area contributed by atoms with E-state index in [1.165, 1.54) is 0 Å². The van der Waals surface area contributed by atoms with Gasteiger partial charge in [0.15, 0.2) is 6.29 Å². The molecular weight excluding hydrogens is 248 g/mol. The minimum atomic E-state index is 0.230. The van der Waals surface area contributed by atoms with Crippen LogP contribution in [0.1, 0.15) is 17.3 Å². The molecular formula is C14H13ClN2O. The lowest BCUT2D eigenvalue weighted by Crippen LogP contribution is -2.00. The third kappa shape index (κ3) is 2.36. The topological polar surface area (TPSA) is 42.0 Å². The summed E-state index contributed by atoms with van der Waals surface area (Å²) in [6.07, 6.45) is 2.35. The molecule has 0 radical (unpaired) electrons. The van der Waals surface area contributed by atoms with Gasteiger partial charge in [0.2, 0.25) is 0 Å². The molecule has 2 aromatic rings. The number of nitrogens with zero attached hydrogens (tertiary/aromatic N) is 1. The molecule has 0 fully saturated rings. The average molecular weight is 261 g/mol. The third-order valence-electron chi connectivity index (χ3n) is 2.64. The standard InChI is InChI=1S/C14H13ClN2O/c1-2-16-13-6-4-3-5-11(13)10-7-8-17-14(15)12(10)9-18/h3-9,16H,2H2,1H3. The summed E-state index contributed by atoms with van der Waals surface area (Å²) >= 11 is 5.95. The van der Waals surface area contributed by atoms with Gasteiger partial charge in [-0.3, -0.25) is 4.79 Å². The Morgan fingerprint density at radius 2 is 2.06 bits per heavy atom. The largest absolute Gasteiger partial charge is 0.385 e. The molecule has 0 saturated carbocycles.